The van der Waals surface area contributed by atoms with Gasteiger partial charge in [-0.15, -0.1) is 0 Å². The number of H-pyrrole nitrogens is 1. The van der Waals surface area contributed by atoms with Crippen LogP contribution in [0.4, 0.5) is 0 Å². The Kier molecular flexibility index (Phi) is 1.83. The third kappa shape index (κ3) is 1.28. The Labute approximate surface area is 81.0 Å². The molecule has 1 aromatic carbocycles. The Hall–Kier alpha value is -1.40. The monoisotopic (exact) mass is 211 g/mol. The molecule has 0 aliphatic heterocycles. The zero-order valence-corrected chi connectivity index (χ0v) is 8.30. The molecule has 1 heterocycles. The van der Waals surface area contributed by atoms with Gasteiger partial charge in [-0.3, -0.25) is 5.10 Å². The van der Waals surface area contributed by atoms with E-state index in [9.17, 15) is 8.42 Å². The lowest BCUT2D eigenvalue weighted by Crippen LogP contribution is -2.12. The Morgan fingerprint density at radius 1 is 1.43 bits per heavy atom. The van der Waals surface area contributed by atoms with Crippen LogP contribution < -0.4 is 5.14 Å². The van der Waals surface area contributed by atoms with Crippen molar-refractivity contribution in [3.63, 3.8) is 0 Å². The predicted octanol–water partition coefficient (Wildman–Crippen LogP) is 0.519. The number of nitrogens with one attached hydrogen (secondary N) is 1. The highest BCUT2D eigenvalue weighted by molar-refractivity contribution is 7.89. The molecule has 14 heavy (non-hydrogen) atoms. The largest absolute Gasteiger partial charge is 0.265 e. The molecule has 5 nitrogen and oxygen atoms in total. The number of benzene rings is 1. The molecule has 1 aromatic heterocycles. The van der Waals surface area contributed by atoms with E-state index in [1.807, 2.05) is 13.0 Å². The van der Waals surface area contributed by atoms with Crippen LogP contribution in [-0.4, -0.2) is 18.6 Å². The zero-order chi connectivity index (χ0) is 10.3. The maximum absolute atomic E-state index is 11.1. The van der Waals surface area contributed by atoms with E-state index in [0.29, 0.717) is 10.9 Å². The third-order valence-corrected chi connectivity index (χ3v) is 2.92. The van der Waals surface area contributed by atoms with Gasteiger partial charge in [-0.1, -0.05) is 12.1 Å². The van der Waals surface area contributed by atoms with Crippen LogP contribution in [0, 0.1) is 6.92 Å². The van der Waals surface area contributed by atoms with E-state index in [1.165, 1.54) is 0 Å². The lowest BCUT2D eigenvalue weighted by Gasteiger charge is -1.94. The molecular weight excluding hydrogens is 202 g/mol. The molecule has 0 bridgehead atoms. The average molecular weight is 211 g/mol. The van der Waals surface area contributed by atoms with Crippen molar-refractivity contribution in [2.45, 2.75) is 11.9 Å². The second kappa shape index (κ2) is 2.79. The lowest BCUT2D eigenvalue weighted by atomic mass is 10.2. The Bertz CT molecular complexity index is 586. The second-order valence-corrected chi connectivity index (χ2v) is 4.57. The number of rotatable bonds is 1. The van der Waals surface area contributed by atoms with Gasteiger partial charge in [-0.25, -0.2) is 13.6 Å². The molecular formula is C8H9N3O2S. The summed E-state index contributed by atoms with van der Waals surface area (Å²) in [6, 6.07) is 5.30. The number of primary sulfonamides is 1. The first kappa shape index (κ1) is 9.17. The number of nitrogens with two attached hydrogens (primary N) is 1. The topological polar surface area (TPSA) is 88.8 Å². The minimum absolute atomic E-state index is 0.0313. The van der Waals surface area contributed by atoms with Gasteiger partial charge in [-0.2, -0.15) is 5.10 Å². The molecule has 0 spiro atoms. The van der Waals surface area contributed by atoms with Crippen LogP contribution in [0.2, 0.25) is 0 Å². The average Bonchev–Trinajstić information content (AvgIpc) is 2.47. The summed E-state index contributed by atoms with van der Waals surface area (Å²) >= 11 is 0. The molecule has 2 aromatic rings. The number of fused-ring (bicyclic) bond motifs is 1. The fraction of sp³-hybridized carbons (Fsp3) is 0.125. The van der Waals surface area contributed by atoms with E-state index < -0.39 is 10.0 Å². The highest BCUT2D eigenvalue weighted by atomic mass is 32.2. The van der Waals surface area contributed by atoms with E-state index in [-0.39, 0.29) is 5.03 Å². The summed E-state index contributed by atoms with van der Waals surface area (Å²) in [6.07, 6.45) is 0. The summed E-state index contributed by atoms with van der Waals surface area (Å²) in [5.41, 5.74) is 1.55. The number of hydrogen-bond donors (Lipinski definition) is 2. The van der Waals surface area contributed by atoms with Crippen LogP contribution in [0.1, 0.15) is 5.56 Å². The summed E-state index contributed by atoms with van der Waals surface area (Å²) in [5, 5.41) is 11.9. The molecule has 2 rings (SSSR count). The van der Waals surface area contributed by atoms with Crippen molar-refractivity contribution in [2.24, 2.45) is 5.14 Å². The van der Waals surface area contributed by atoms with Crippen molar-refractivity contribution in [1.82, 2.24) is 10.2 Å². The van der Waals surface area contributed by atoms with Crippen molar-refractivity contribution in [1.29, 1.82) is 0 Å². The summed E-state index contributed by atoms with van der Waals surface area (Å²) in [5.74, 6) is 0. The zero-order valence-electron chi connectivity index (χ0n) is 7.48. The van der Waals surface area contributed by atoms with Gasteiger partial charge in [0.1, 0.15) is 0 Å². The first-order valence-electron chi connectivity index (χ1n) is 3.96. The number of aryl methyl sites for hydroxylation is 1. The maximum atomic E-state index is 11.1. The van der Waals surface area contributed by atoms with E-state index in [1.54, 1.807) is 12.1 Å². The number of nitrogens with zero attached hydrogens (tertiary/aromatic N) is 1. The Morgan fingerprint density at radius 2 is 2.14 bits per heavy atom. The minimum atomic E-state index is -3.72. The molecule has 0 saturated heterocycles. The van der Waals surface area contributed by atoms with Crippen LogP contribution in [0.15, 0.2) is 23.2 Å². The van der Waals surface area contributed by atoms with E-state index in [0.717, 1.165) is 5.56 Å². The summed E-state index contributed by atoms with van der Waals surface area (Å²) < 4.78 is 22.3. The number of para-hydroxylation sites is 1. The van der Waals surface area contributed by atoms with E-state index in [2.05, 4.69) is 10.2 Å². The standard InChI is InChI=1S/C8H9N3O2S/c1-5-3-2-4-6-7(5)10-11-8(6)14(9,12)13/h2-4H,1H3,(H,10,11)(H2,9,12,13). The molecule has 0 fully saturated rings. The lowest BCUT2D eigenvalue weighted by molar-refractivity contribution is 0.594. The van der Waals surface area contributed by atoms with Crippen LogP contribution in [0.25, 0.3) is 10.9 Å². The highest BCUT2D eigenvalue weighted by Crippen LogP contribution is 2.21. The molecule has 74 valence electrons. The van der Waals surface area contributed by atoms with Crippen LogP contribution in [0.5, 0.6) is 0 Å². The van der Waals surface area contributed by atoms with E-state index >= 15 is 0 Å². The number of aromatic amines is 1. The van der Waals surface area contributed by atoms with Crippen molar-refractivity contribution in [2.75, 3.05) is 0 Å². The maximum Gasteiger partial charge on any atom is 0.255 e. The van der Waals surface area contributed by atoms with E-state index in [4.69, 9.17) is 5.14 Å². The fourth-order valence-corrected chi connectivity index (χ4v) is 2.02. The molecule has 0 atom stereocenters. The van der Waals surface area contributed by atoms with Crippen LogP contribution in [-0.2, 0) is 10.0 Å². The Balaban J connectivity index is 2.90. The van der Waals surface area contributed by atoms with Gasteiger partial charge in [0.15, 0.2) is 5.03 Å². The molecule has 0 saturated carbocycles. The molecule has 6 heteroatoms. The smallest absolute Gasteiger partial charge is 0.255 e. The van der Waals surface area contributed by atoms with Gasteiger partial charge in [-0.05, 0) is 18.6 Å². The summed E-state index contributed by atoms with van der Waals surface area (Å²) in [6.45, 7) is 1.86. The molecule has 0 radical (unpaired) electrons. The van der Waals surface area contributed by atoms with Crippen molar-refractivity contribution >= 4 is 20.9 Å². The van der Waals surface area contributed by atoms with Crippen LogP contribution in [0.3, 0.4) is 0 Å². The molecule has 0 unspecified atom stereocenters. The van der Waals surface area contributed by atoms with Crippen molar-refractivity contribution in [3.05, 3.63) is 23.8 Å². The molecule has 0 aliphatic rings. The fourth-order valence-electron chi connectivity index (χ4n) is 1.37. The predicted molar refractivity (Wildman–Crippen MR) is 52.2 cm³/mol. The van der Waals surface area contributed by atoms with Gasteiger partial charge in [0.05, 0.1) is 5.52 Å². The minimum Gasteiger partial charge on any atom is -0.265 e. The number of sulfonamides is 1. The summed E-state index contributed by atoms with van der Waals surface area (Å²) in [7, 11) is -3.72. The number of hydrogen-bond acceptors (Lipinski definition) is 3. The normalized spacial score (nSPS) is 12.1. The van der Waals surface area contributed by atoms with Gasteiger partial charge in [0.25, 0.3) is 10.0 Å². The van der Waals surface area contributed by atoms with Crippen LogP contribution >= 0.6 is 0 Å². The Morgan fingerprint density at radius 3 is 2.79 bits per heavy atom. The van der Waals surface area contributed by atoms with Gasteiger partial charge in [0, 0.05) is 5.39 Å². The molecule has 0 amide bonds. The summed E-state index contributed by atoms with van der Waals surface area (Å²) in [4.78, 5) is 0. The second-order valence-electron chi connectivity index (χ2n) is 3.07. The van der Waals surface area contributed by atoms with Gasteiger partial charge in [0.2, 0.25) is 0 Å². The molecule has 0 aliphatic carbocycles. The third-order valence-electron chi connectivity index (χ3n) is 2.04. The van der Waals surface area contributed by atoms with Crippen molar-refractivity contribution in [3.8, 4) is 0 Å². The van der Waals surface area contributed by atoms with Crippen molar-refractivity contribution < 1.29 is 8.42 Å². The first-order valence-corrected chi connectivity index (χ1v) is 5.51. The quantitative estimate of drug-likeness (QED) is 0.720. The van der Waals surface area contributed by atoms with Gasteiger partial charge < -0.3 is 0 Å². The SMILES string of the molecule is Cc1cccc2c(S(N)(=O)=O)[nH]nc12. The highest BCUT2D eigenvalue weighted by Gasteiger charge is 2.15. The first-order chi connectivity index (χ1) is 6.50. The number of aromatic nitrogens is 2. The molecule has 3 N–H and O–H groups in total. The van der Waals surface area contributed by atoms with Gasteiger partial charge >= 0.3 is 0 Å².